The van der Waals surface area contributed by atoms with Crippen molar-refractivity contribution in [2.75, 3.05) is 0 Å². The van der Waals surface area contributed by atoms with Gasteiger partial charge in [-0.1, -0.05) is 48.0 Å². The molecule has 0 radical (unpaired) electrons. The number of nitrogens with zero attached hydrogens (tertiary/aromatic N) is 2. The van der Waals surface area contributed by atoms with Crippen molar-refractivity contribution in [2.24, 2.45) is 0 Å². The van der Waals surface area contributed by atoms with E-state index < -0.39 is 0 Å². The summed E-state index contributed by atoms with van der Waals surface area (Å²) in [6.45, 7) is 2.05. The number of halogens is 1. The molecule has 1 aliphatic rings. The van der Waals surface area contributed by atoms with Crippen LogP contribution in [0.25, 0.3) is 21.2 Å². The summed E-state index contributed by atoms with van der Waals surface area (Å²) in [5.74, 6) is -0.0325. The van der Waals surface area contributed by atoms with Crippen molar-refractivity contribution in [3.05, 3.63) is 88.5 Å². The second-order valence-electron chi connectivity index (χ2n) is 9.32. The summed E-state index contributed by atoms with van der Waals surface area (Å²) >= 11 is 8.19. The van der Waals surface area contributed by atoms with E-state index in [1.165, 1.54) is 11.3 Å². The van der Waals surface area contributed by atoms with Crippen LogP contribution in [0.2, 0.25) is 5.02 Å². The van der Waals surface area contributed by atoms with Crippen molar-refractivity contribution < 1.29 is 9.59 Å². The molecule has 2 amide bonds. The van der Waals surface area contributed by atoms with Gasteiger partial charge in [-0.2, -0.15) is 0 Å². The van der Waals surface area contributed by atoms with E-state index in [1.807, 2.05) is 47.4 Å². The molecule has 2 aromatic carbocycles. The number of thiophene rings is 1. The Balaban J connectivity index is 1.45. The number of rotatable bonds is 6. The van der Waals surface area contributed by atoms with Crippen LogP contribution < -0.4 is 5.32 Å². The molecule has 1 fully saturated rings. The highest BCUT2D eigenvalue weighted by molar-refractivity contribution is 7.21. The van der Waals surface area contributed by atoms with Crippen molar-refractivity contribution in [1.29, 1.82) is 0 Å². The summed E-state index contributed by atoms with van der Waals surface area (Å²) < 4.78 is 1.01. The number of carbonyl (C=O) groups is 2. The van der Waals surface area contributed by atoms with Crippen LogP contribution in [-0.4, -0.2) is 33.8 Å². The molecule has 0 saturated heterocycles. The minimum absolute atomic E-state index is 0.00336. The minimum Gasteiger partial charge on any atom is -0.354 e. The van der Waals surface area contributed by atoms with Gasteiger partial charge in [-0.05, 0) is 66.6 Å². The molecular formula is C29H28ClN3O2S. The topological polar surface area (TPSA) is 62.3 Å². The third-order valence-corrected chi connectivity index (χ3v) is 8.49. The smallest absolute Gasteiger partial charge is 0.266 e. The number of hydrogen-bond acceptors (Lipinski definition) is 4. The van der Waals surface area contributed by atoms with Gasteiger partial charge in [0.2, 0.25) is 5.91 Å². The van der Waals surface area contributed by atoms with Gasteiger partial charge >= 0.3 is 0 Å². The largest absolute Gasteiger partial charge is 0.354 e. The Morgan fingerprint density at radius 2 is 1.75 bits per heavy atom. The summed E-state index contributed by atoms with van der Waals surface area (Å²) in [4.78, 5) is 32.3. The van der Waals surface area contributed by atoms with Crippen molar-refractivity contribution in [3.8, 4) is 11.1 Å². The lowest BCUT2D eigenvalue weighted by Crippen LogP contribution is -2.45. The molecule has 0 bridgehead atoms. The second-order valence-corrected chi connectivity index (χ2v) is 10.7. The molecule has 0 aliphatic heterocycles. The standard InChI is InChI=1S/C29H28ClN3O2S/c1-19(34)32-23-9-11-24(12-10-23)33(29(35)28-27(30)25-7-2-3-8-26(25)36-28)18-20-5-4-6-22(17-20)21-13-15-31-16-14-21/h2-8,13-17,23-24H,9-12,18H2,1H3,(H,32,34). The van der Waals surface area contributed by atoms with E-state index in [4.69, 9.17) is 11.6 Å². The Hall–Kier alpha value is -3.22. The zero-order valence-corrected chi connectivity index (χ0v) is 21.7. The lowest BCUT2D eigenvalue weighted by atomic mass is 9.89. The Morgan fingerprint density at radius 3 is 2.47 bits per heavy atom. The molecule has 184 valence electrons. The fraction of sp³-hybridized carbons (Fsp3) is 0.276. The molecule has 5 rings (SSSR count). The van der Waals surface area contributed by atoms with Crippen molar-refractivity contribution in [1.82, 2.24) is 15.2 Å². The molecule has 7 heteroatoms. The van der Waals surface area contributed by atoms with Gasteiger partial charge in [-0.3, -0.25) is 14.6 Å². The van der Waals surface area contributed by atoms with Crippen LogP contribution >= 0.6 is 22.9 Å². The van der Waals surface area contributed by atoms with Gasteiger partial charge in [0.05, 0.1) is 5.02 Å². The van der Waals surface area contributed by atoms with E-state index in [9.17, 15) is 9.59 Å². The van der Waals surface area contributed by atoms with Gasteiger partial charge < -0.3 is 10.2 Å². The van der Waals surface area contributed by atoms with Gasteiger partial charge in [-0.15, -0.1) is 11.3 Å². The fourth-order valence-corrected chi connectivity index (χ4v) is 6.53. The summed E-state index contributed by atoms with van der Waals surface area (Å²) in [6, 6.07) is 20.4. The molecule has 5 nitrogen and oxygen atoms in total. The summed E-state index contributed by atoms with van der Waals surface area (Å²) in [5.41, 5.74) is 3.25. The molecule has 2 aromatic heterocycles. The second kappa shape index (κ2) is 10.8. The Bertz CT molecular complexity index is 1380. The predicted molar refractivity (Wildman–Crippen MR) is 146 cm³/mol. The maximum atomic E-state index is 14.0. The van der Waals surface area contributed by atoms with E-state index >= 15 is 0 Å². The minimum atomic E-state index is -0.0292. The molecule has 4 aromatic rings. The number of fused-ring (bicyclic) bond motifs is 1. The highest BCUT2D eigenvalue weighted by Gasteiger charge is 2.32. The first kappa shape index (κ1) is 24.5. The Morgan fingerprint density at radius 1 is 1.00 bits per heavy atom. The molecule has 0 unspecified atom stereocenters. The first-order valence-electron chi connectivity index (χ1n) is 12.2. The molecule has 1 saturated carbocycles. The van der Waals surface area contributed by atoms with E-state index in [2.05, 4.69) is 28.5 Å². The molecule has 36 heavy (non-hydrogen) atoms. The number of carbonyl (C=O) groups excluding carboxylic acids is 2. The first-order chi connectivity index (χ1) is 17.5. The average molecular weight is 518 g/mol. The van der Waals surface area contributed by atoms with E-state index in [0.717, 1.165) is 52.5 Å². The maximum Gasteiger partial charge on any atom is 0.266 e. The molecule has 1 N–H and O–H groups in total. The third kappa shape index (κ3) is 5.30. The van der Waals surface area contributed by atoms with Crippen LogP contribution in [0.1, 0.15) is 47.8 Å². The van der Waals surface area contributed by atoms with E-state index in [0.29, 0.717) is 16.4 Å². The van der Waals surface area contributed by atoms with Crippen molar-refractivity contribution in [3.63, 3.8) is 0 Å². The van der Waals surface area contributed by atoms with Gasteiger partial charge in [0, 0.05) is 48.0 Å². The van der Waals surface area contributed by atoms with Gasteiger partial charge in [-0.25, -0.2) is 0 Å². The van der Waals surface area contributed by atoms with Crippen LogP contribution in [0.5, 0.6) is 0 Å². The predicted octanol–water partition coefficient (Wildman–Crippen LogP) is 6.71. The Kier molecular flexibility index (Phi) is 7.35. The molecular weight excluding hydrogens is 490 g/mol. The monoisotopic (exact) mass is 517 g/mol. The SMILES string of the molecule is CC(=O)NC1CCC(N(Cc2cccc(-c3ccncc3)c2)C(=O)c2sc3ccccc3c2Cl)CC1. The quantitative estimate of drug-likeness (QED) is 0.309. The first-order valence-corrected chi connectivity index (χ1v) is 13.4. The van der Waals surface area contributed by atoms with Crippen LogP contribution in [0, 0.1) is 0 Å². The lowest BCUT2D eigenvalue weighted by molar-refractivity contribution is -0.119. The van der Waals surface area contributed by atoms with Crippen LogP contribution in [0.15, 0.2) is 73.1 Å². The number of pyridine rings is 1. The zero-order valence-electron chi connectivity index (χ0n) is 20.1. The van der Waals surface area contributed by atoms with Crippen molar-refractivity contribution >= 4 is 44.8 Å². The van der Waals surface area contributed by atoms with Gasteiger partial charge in [0.1, 0.15) is 4.88 Å². The number of aromatic nitrogens is 1. The number of hydrogen-bond donors (Lipinski definition) is 1. The average Bonchev–Trinajstić information content (AvgIpc) is 3.24. The lowest BCUT2D eigenvalue weighted by Gasteiger charge is -2.37. The summed E-state index contributed by atoms with van der Waals surface area (Å²) in [7, 11) is 0. The molecule has 0 spiro atoms. The van der Waals surface area contributed by atoms with Crippen LogP contribution in [-0.2, 0) is 11.3 Å². The number of nitrogens with one attached hydrogen (secondary N) is 1. The number of benzene rings is 2. The van der Waals surface area contributed by atoms with Crippen molar-refractivity contribution in [2.45, 2.75) is 51.2 Å². The Labute approximate surface area is 220 Å². The van der Waals surface area contributed by atoms with Gasteiger partial charge in [0.25, 0.3) is 5.91 Å². The third-order valence-electron chi connectivity index (χ3n) is 6.83. The van der Waals surface area contributed by atoms with Gasteiger partial charge in [0.15, 0.2) is 0 Å². The maximum absolute atomic E-state index is 14.0. The molecule has 1 aliphatic carbocycles. The fourth-order valence-electron chi connectivity index (χ4n) is 5.06. The summed E-state index contributed by atoms with van der Waals surface area (Å²) in [6.07, 6.45) is 6.95. The normalized spacial score (nSPS) is 17.6. The highest BCUT2D eigenvalue weighted by Crippen LogP contribution is 2.37. The summed E-state index contributed by atoms with van der Waals surface area (Å²) in [5, 5.41) is 4.49. The number of amides is 2. The van der Waals surface area contributed by atoms with Crippen LogP contribution in [0.4, 0.5) is 0 Å². The van der Waals surface area contributed by atoms with Crippen LogP contribution in [0.3, 0.4) is 0 Å². The van der Waals surface area contributed by atoms with E-state index in [1.54, 1.807) is 19.3 Å². The molecule has 0 atom stereocenters. The van der Waals surface area contributed by atoms with E-state index in [-0.39, 0.29) is 23.9 Å². The highest BCUT2D eigenvalue weighted by atomic mass is 35.5. The molecule has 2 heterocycles. The zero-order chi connectivity index (χ0) is 25.1.